The molecule has 1 rings (SSSR count). The molecule has 100 valence electrons. The number of hydrogen-bond acceptors (Lipinski definition) is 3. The highest BCUT2D eigenvalue weighted by molar-refractivity contribution is 7.33. The molecule has 0 radical (unpaired) electrons. The third-order valence-corrected chi connectivity index (χ3v) is 3.16. The molecule has 0 spiro atoms. The quantitative estimate of drug-likeness (QED) is 0.573. The van der Waals surface area contributed by atoms with Crippen molar-refractivity contribution < 1.29 is 35.6 Å². The van der Waals surface area contributed by atoms with Gasteiger partial charge in [-0.2, -0.15) is 22.0 Å². The van der Waals surface area contributed by atoms with Crippen LogP contribution < -0.4 is 0 Å². The van der Waals surface area contributed by atoms with Crippen LogP contribution >= 0.6 is 8.25 Å². The van der Waals surface area contributed by atoms with Gasteiger partial charge >= 0.3 is 20.5 Å². The van der Waals surface area contributed by atoms with E-state index in [9.17, 15) is 26.5 Å². The second-order valence-corrected chi connectivity index (χ2v) is 4.54. The number of halogens is 5. The molecule has 0 aromatic carbocycles. The SMILES string of the molecule is O=[P+](OC1CCCCC1)OC(F)(F)C(F)(F)F. The van der Waals surface area contributed by atoms with Crippen LogP contribution in [0.15, 0.2) is 0 Å². The Balaban J connectivity index is 2.43. The van der Waals surface area contributed by atoms with Crippen molar-refractivity contribution in [2.24, 2.45) is 0 Å². The monoisotopic (exact) mass is 281 g/mol. The van der Waals surface area contributed by atoms with Crippen molar-refractivity contribution in [1.29, 1.82) is 0 Å². The molecule has 0 bridgehead atoms. The molecule has 0 saturated heterocycles. The van der Waals surface area contributed by atoms with Gasteiger partial charge in [0.05, 0.1) is 0 Å². The van der Waals surface area contributed by atoms with Gasteiger partial charge in [-0.3, -0.25) is 0 Å². The molecule has 0 aromatic heterocycles. The Kier molecular flexibility index (Phi) is 4.80. The molecule has 0 amide bonds. The van der Waals surface area contributed by atoms with Crippen molar-refractivity contribution in [3.63, 3.8) is 0 Å². The Morgan fingerprint density at radius 1 is 1.00 bits per heavy atom. The number of hydrogen-bond donors (Lipinski definition) is 0. The van der Waals surface area contributed by atoms with E-state index in [0.29, 0.717) is 12.8 Å². The average Bonchev–Trinajstić information content (AvgIpc) is 2.16. The van der Waals surface area contributed by atoms with Crippen molar-refractivity contribution in [1.82, 2.24) is 0 Å². The van der Waals surface area contributed by atoms with E-state index in [4.69, 9.17) is 0 Å². The summed E-state index contributed by atoms with van der Waals surface area (Å²) in [6.07, 6.45) is -8.47. The van der Waals surface area contributed by atoms with Crippen molar-refractivity contribution in [2.45, 2.75) is 50.5 Å². The van der Waals surface area contributed by atoms with Gasteiger partial charge in [0.25, 0.3) is 0 Å². The molecule has 17 heavy (non-hydrogen) atoms. The molecular weight excluding hydrogens is 270 g/mol. The summed E-state index contributed by atoms with van der Waals surface area (Å²) in [6, 6.07) is 0. The first-order valence-electron chi connectivity index (χ1n) is 5.00. The van der Waals surface area contributed by atoms with Gasteiger partial charge < -0.3 is 0 Å². The summed E-state index contributed by atoms with van der Waals surface area (Å²) in [5, 5.41) is 0. The highest BCUT2D eigenvalue weighted by atomic mass is 31.1. The maximum Gasteiger partial charge on any atom is 0.704 e. The van der Waals surface area contributed by atoms with Crippen LogP contribution in [0.4, 0.5) is 22.0 Å². The van der Waals surface area contributed by atoms with Gasteiger partial charge in [0.1, 0.15) is 6.10 Å². The molecule has 0 aromatic rings. The Morgan fingerprint density at radius 3 is 2.00 bits per heavy atom. The molecule has 1 aliphatic rings. The third kappa shape index (κ3) is 4.44. The van der Waals surface area contributed by atoms with Crippen LogP contribution in [0.2, 0.25) is 0 Å². The van der Waals surface area contributed by atoms with Gasteiger partial charge in [-0.15, -0.1) is 4.52 Å². The van der Waals surface area contributed by atoms with Crippen molar-refractivity contribution in [2.75, 3.05) is 0 Å². The molecule has 1 saturated carbocycles. The topological polar surface area (TPSA) is 35.5 Å². The van der Waals surface area contributed by atoms with Crippen molar-refractivity contribution >= 4 is 8.25 Å². The minimum atomic E-state index is -5.89. The first-order chi connectivity index (χ1) is 7.72. The van der Waals surface area contributed by atoms with Gasteiger partial charge in [0.2, 0.25) is 0 Å². The van der Waals surface area contributed by atoms with E-state index in [1.807, 2.05) is 0 Å². The van der Waals surface area contributed by atoms with E-state index in [0.717, 1.165) is 19.3 Å². The average molecular weight is 281 g/mol. The lowest BCUT2D eigenvalue weighted by Crippen LogP contribution is -2.37. The lowest BCUT2D eigenvalue weighted by molar-refractivity contribution is -0.361. The van der Waals surface area contributed by atoms with Gasteiger partial charge in [-0.1, -0.05) is 19.3 Å². The van der Waals surface area contributed by atoms with Crippen LogP contribution in [-0.4, -0.2) is 18.4 Å². The fourth-order valence-electron chi connectivity index (χ4n) is 1.46. The zero-order valence-electron chi connectivity index (χ0n) is 8.67. The van der Waals surface area contributed by atoms with Crippen LogP contribution in [0.3, 0.4) is 0 Å². The van der Waals surface area contributed by atoms with E-state index in [-0.39, 0.29) is 0 Å². The van der Waals surface area contributed by atoms with Gasteiger partial charge in [0, 0.05) is 4.57 Å². The summed E-state index contributed by atoms with van der Waals surface area (Å²) in [5.41, 5.74) is 0. The summed E-state index contributed by atoms with van der Waals surface area (Å²) < 4.78 is 78.3. The molecular formula is C8H11F5O3P+. The predicted molar refractivity (Wildman–Crippen MR) is 47.7 cm³/mol. The van der Waals surface area contributed by atoms with Gasteiger partial charge in [-0.25, -0.2) is 0 Å². The van der Waals surface area contributed by atoms with Crippen LogP contribution in [0.25, 0.3) is 0 Å². The van der Waals surface area contributed by atoms with Crippen LogP contribution in [0.1, 0.15) is 32.1 Å². The Hall–Kier alpha value is -0.330. The first-order valence-corrected chi connectivity index (χ1v) is 6.09. The Bertz CT molecular complexity index is 275. The Morgan fingerprint density at radius 2 is 1.53 bits per heavy atom. The molecule has 3 nitrogen and oxygen atoms in total. The number of alkyl halides is 5. The fraction of sp³-hybridized carbons (Fsp3) is 1.00. The maximum absolute atomic E-state index is 12.3. The van der Waals surface area contributed by atoms with E-state index in [1.54, 1.807) is 0 Å². The van der Waals surface area contributed by atoms with Crippen LogP contribution in [0, 0.1) is 0 Å². The number of rotatable bonds is 4. The highest BCUT2D eigenvalue weighted by Crippen LogP contribution is 2.45. The fourth-order valence-corrected chi connectivity index (χ4v) is 2.25. The molecule has 1 unspecified atom stereocenters. The molecule has 1 aliphatic carbocycles. The van der Waals surface area contributed by atoms with Crippen LogP contribution in [-0.2, 0) is 13.6 Å². The molecule has 0 aliphatic heterocycles. The smallest absolute Gasteiger partial charge is 0.163 e. The van der Waals surface area contributed by atoms with Gasteiger partial charge in [-0.05, 0) is 17.4 Å². The summed E-state index contributed by atoms with van der Waals surface area (Å²) in [4.78, 5) is 0. The first kappa shape index (κ1) is 14.7. The van der Waals surface area contributed by atoms with E-state index >= 15 is 0 Å². The van der Waals surface area contributed by atoms with E-state index < -0.39 is 26.6 Å². The summed E-state index contributed by atoms with van der Waals surface area (Å²) in [7, 11) is -3.48. The lowest BCUT2D eigenvalue weighted by Gasteiger charge is -2.16. The minimum absolute atomic E-state index is 0.488. The van der Waals surface area contributed by atoms with E-state index in [1.165, 1.54) is 0 Å². The predicted octanol–water partition coefficient (Wildman–Crippen LogP) is 4.16. The molecule has 0 heterocycles. The maximum atomic E-state index is 12.3. The van der Waals surface area contributed by atoms with Crippen molar-refractivity contribution in [3.05, 3.63) is 0 Å². The summed E-state index contributed by atoms with van der Waals surface area (Å²) >= 11 is 0. The highest BCUT2D eigenvalue weighted by Gasteiger charge is 2.65. The van der Waals surface area contributed by atoms with E-state index in [2.05, 4.69) is 9.05 Å². The largest absolute Gasteiger partial charge is 0.704 e. The summed E-state index contributed by atoms with van der Waals surface area (Å²) in [5.74, 6) is 0. The Labute approximate surface area is 95.2 Å². The lowest BCUT2D eigenvalue weighted by atomic mass is 9.98. The second kappa shape index (κ2) is 5.54. The molecule has 1 atom stereocenters. The summed E-state index contributed by atoms with van der Waals surface area (Å²) in [6.45, 7) is 0. The second-order valence-electron chi connectivity index (χ2n) is 3.69. The zero-order valence-corrected chi connectivity index (χ0v) is 9.57. The van der Waals surface area contributed by atoms with Crippen LogP contribution in [0.5, 0.6) is 0 Å². The molecule has 1 fully saturated rings. The van der Waals surface area contributed by atoms with Crippen molar-refractivity contribution in [3.8, 4) is 0 Å². The normalized spacial score (nSPS) is 20.4. The molecule has 0 N–H and O–H groups in total. The standard InChI is InChI=1S/C8H11F5O3P/c9-7(10,11)8(12,13)16-17(14)15-6-4-2-1-3-5-6/h6H,1-5H2/q+1. The van der Waals surface area contributed by atoms with Gasteiger partial charge in [0.15, 0.2) is 0 Å². The third-order valence-electron chi connectivity index (χ3n) is 2.31. The minimum Gasteiger partial charge on any atom is -0.163 e. The molecule has 9 heteroatoms. The zero-order chi connectivity index (χ0) is 13.1.